The van der Waals surface area contributed by atoms with Gasteiger partial charge >= 0.3 is 6.18 Å². The van der Waals surface area contributed by atoms with Gasteiger partial charge in [-0.3, -0.25) is 19.7 Å². The van der Waals surface area contributed by atoms with Crippen LogP contribution in [-0.2, 0) is 15.8 Å². The Bertz CT molecular complexity index is 915. The number of carbonyl (C=O) groups excluding carboxylic acids is 2. The van der Waals surface area contributed by atoms with Gasteiger partial charge in [0.1, 0.15) is 5.75 Å². The Kier molecular flexibility index (Phi) is 6.18. The van der Waals surface area contributed by atoms with Gasteiger partial charge in [-0.05, 0) is 24.3 Å². The second kappa shape index (κ2) is 8.37. The van der Waals surface area contributed by atoms with Crippen LogP contribution in [0.5, 0.6) is 5.75 Å². The van der Waals surface area contributed by atoms with Crippen molar-refractivity contribution in [3.05, 3.63) is 58.1 Å². The molecule has 0 saturated carbocycles. The third kappa shape index (κ3) is 5.69. The van der Waals surface area contributed by atoms with Crippen molar-refractivity contribution < 1.29 is 32.4 Å². The monoisotopic (exact) mass is 397 g/mol. The summed E-state index contributed by atoms with van der Waals surface area (Å²) < 4.78 is 44.8. The van der Waals surface area contributed by atoms with Crippen LogP contribution in [0, 0.1) is 10.1 Å². The molecule has 2 aromatic carbocycles. The van der Waals surface area contributed by atoms with Crippen molar-refractivity contribution in [3.63, 3.8) is 0 Å². The molecule has 2 aromatic rings. The molecule has 148 valence electrons. The van der Waals surface area contributed by atoms with Crippen molar-refractivity contribution in [1.29, 1.82) is 0 Å². The molecular formula is C17H14F3N3O5. The highest BCUT2D eigenvalue weighted by atomic mass is 19.4. The fourth-order valence-corrected chi connectivity index (χ4v) is 2.19. The molecule has 2 amide bonds. The van der Waals surface area contributed by atoms with Gasteiger partial charge < -0.3 is 15.4 Å². The molecular weight excluding hydrogens is 383 g/mol. The zero-order valence-corrected chi connectivity index (χ0v) is 14.4. The number of alkyl halides is 3. The molecule has 28 heavy (non-hydrogen) atoms. The third-order valence-corrected chi connectivity index (χ3v) is 3.32. The molecule has 0 aliphatic carbocycles. The Labute approximate surface area is 156 Å². The van der Waals surface area contributed by atoms with Crippen LogP contribution in [-0.4, -0.2) is 23.3 Å². The number of nitro groups is 1. The number of nitrogens with zero attached hydrogens (tertiary/aromatic N) is 1. The normalized spacial score (nSPS) is 10.9. The number of carbonyl (C=O) groups is 2. The molecule has 0 heterocycles. The predicted molar refractivity (Wildman–Crippen MR) is 93.0 cm³/mol. The molecule has 0 spiro atoms. The number of hydrogen-bond donors (Lipinski definition) is 2. The van der Waals surface area contributed by atoms with Gasteiger partial charge in [-0.2, -0.15) is 13.2 Å². The van der Waals surface area contributed by atoms with E-state index in [1.165, 1.54) is 24.3 Å². The molecule has 0 aromatic heterocycles. The zero-order valence-electron chi connectivity index (χ0n) is 14.4. The lowest BCUT2D eigenvalue weighted by Crippen LogP contribution is -2.22. The quantitative estimate of drug-likeness (QED) is 0.572. The summed E-state index contributed by atoms with van der Waals surface area (Å²) in [6, 6.07) is 7.90. The maximum absolute atomic E-state index is 13.2. The second-order valence-corrected chi connectivity index (χ2v) is 5.53. The molecule has 2 N–H and O–H groups in total. The number of anilines is 2. The maximum atomic E-state index is 13.2. The van der Waals surface area contributed by atoms with Crippen molar-refractivity contribution in [2.45, 2.75) is 13.1 Å². The molecule has 0 fully saturated rings. The Morgan fingerprint density at radius 3 is 2.46 bits per heavy atom. The highest BCUT2D eigenvalue weighted by molar-refractivity contribution is 5.94. The molecule has 0 saturated heterocycles. The Morgan fingerprint density at radius 1 is 1.14 bits per heavy atom. The van der Waals surface area contributed by atoms with Gasteiger partial charge in [0.2, 0.25) is 5.91 Å². The van der Waals surface area contributed by atoms with Gasteiger partial charge in [-0.25, -0.2) is 0 Å². The highest BCUT2D eigenvalue weighted by Gasteiger charge is 2.34. The summed E-state index contributed by atoms with van der Waals surface area (Å²) in [5.74, 6) is -1.43. The van der Waals surface area contributed by atoms with Crippen molar-refractivity contribution in [1.82, 2.24) is 0 Å². The van der Waals surface area contributed by atoms with Crippen LogP contribution in [0.4, 0.5) is 30.2 Å². The van der Waals surface area contributed by atoms with Crippen LogP contribution >= 0.6 is 0 Å². The number of halogens is 3. The summed E-state index contributed by atoms with van der Waals surface area (Å²) in [5.41, 5.74) is -2.01. The van der Waals surface area contributed by atoms with E-state index in [0.717, 1.165) is 19.1 Å². The molecule has 8 nitrogen and oxygen atoms in total. The van der Waals surface area contributed by atoms with E-state index >= 15 is 0 Å². The van der Waals surface area contributed by atoms with Gasteiger partial charge in [-0.15, -0.1) is 0 Å². The zero-order chi connectivity index (χ0) is 20.9. The number of ether oxygens (including phenoxy) is 1. The largest absolute Gasteiger partial charge is 0.484 e. The summed E-state index contributed by atoms with van der Waals surface area (Å²) in [6.07, 6.45) is -4.78. The molecule has 0 unspecified atom stereocenters. The average molecular weight is 397 g/mol. The fourth-order valence-electron chi connectivity index (χ4n) is 2.19. The van der Waals surface area contributed by atoms with Crippen LogP contribution in [0.2, 0.25) is 0 Å². The number of rotatable bonds is 6. The topological polar surface area (TPSA) is 111 Å². The molecule has 0 radical (unpaired) electrons. The Balaban J connectivity index is 2.11. The summed E-state index contributed by atoms with van der Waals surface area (Å²) in [4.78, 5) is 33.0. The molecule has 0 atom stereocenters. The van der Waals surface area contributed by atoms with Gasteiger partial charge in [-0.1, -0.05) is 6.07 Å². The van der Waals surface area contributed by atoms with Crippen LogP contribution in [0.25, 0.3) is 0 Å². The first-order chi connectivity index (χ1) is 13.1. The number of benzene rings is 2. The van der Waals surface area contributed by atoms with E-state index in [2.05, 4.69) is 10.6 Å². The van der Waals surface area contributed by atoms with Gasteiger partial charge in [0, 0.05) is 18.7 Å². The van der Waals surface area contributed by atoms with Crippen molar-refractivity contribution in [2.75, 3.05) is 17.2 Å². The first-order valence-corrected chi connectivity index (χ1v) is 7.72. The summed E-state index contributed by atoms with van der Waals surface area (Å²) in [6.45, 7) is 0.486. The average Bonchev–Trinajstić information content (AvgIpc) is 2.60. The van der Waals surface area contributed by atoms with Crippen molar-refractivity contribution in [2.24, 2.45) is 0 Å². The molecule has 2 rings (SSSR count). The van der Waals surface area contributed by atoms with E-state index in [1.807, 2.05) is 0 Å². The van der Waals surface area contributed by atoms with Gasteiger partial charge in [0.15, 0.2) is 6.61 Å². The number of nitrogens with one attached hydrogen (secondary N) is 2. The predicted octanol–water partition coefficient (Wildman–Crippen LogP) is 3.59. The number of non-ortho nitro benzene ring substituents is 1. The van der Waals surface area contributed by atoms with E-state index in [9.17, 15) is 32.9 Å². The van der Waals surface area contributed by atoms with E-state index in [0.29, 0.717) is 6.07 Å². The minimum absolute atomic E-state index is 0.0152. The van der Waals surface area contributed by atoms with E-state index in [4.69, 9.17) is 4.74 Å². The van der Waals surface area contributed by atoms with Gasteiger partial charge in [0.05, 0.1) is 22.2 Å². The lowest BCUT2D eigenvalue weighted by molar-refractivity contribution is -0.384. The minimum Gasteiger partial charge on any atom is -0.484 e. The van der Waals surface area contributed by atoms with Crippen molar-refractivity contribution >= 4 is 28.9 Å². The summed E-state index contributed by atoms with van der Waals surface area (Å²) in [7, 11) is 0. The van der Waals surface area contributed by atoms with Crippen LogP contribution in [0.3, 0.4) is 0 Å². The smallest absolute Gasteiger partial charge is 0.418 e. The van der Waals surface area contributed by atoms with Crippen molar-refractivity contribution in [3.8, 4) is 5.75 Å². The van der Waals surface area contributed by atoms with Crippen LogP contribution in [0.1, 0.15) is 12.5 Å². The number of nitro benzene ring substituents is 1. The van der Waals surface area contributed by atoms with Crippen LogP contribution in [0.15, 0.2) is 42.5 Å². The molecule has 0 bridgehead atoms. The molecule has 0 aliphatic heterocycles. The first kappa shape index (κ1) is 20.7. The second-order valence-electron chi connectivity index (χ2n) is 5.53. The summed E-state index contributed by atoms with van der Waals surface area (Å²) in [5, 5.41) is 15.0. The van der Waals surface area contributed by atoms with E-state index in [-0.39, 0.29) is 17.1 Å². The van der Waals surface area contributed by atoms with E-state index in [1.54, 1.807) is 0 Å². The third-order valence-electron chi connectivity index (χ3n) is 3.32. The SMILES string of the molecule is CC(=O)Nc1ccc(NC(=O)COc2cccc([N+](=O)[O-])c2)c(C(F)(F)F)c1. The molecule has 0 aliphatic rings. The lowest BCUT2D eigenvalue weighted by Gasteiger charge is -2.15. The lowest BCUT2D eigenvalue weighted by atomic mass is 10.1. The standard InChI is InChI=1S/C17H14F3N3O5/c1-10(24)21-11-5-6-15(14(7-11)17(18,19)20)22-16(25)9-28-13-4-2-3-12(8-13)23(26)27/h2-8H,9H2,1H3,(H,21,24)(H,22,25). The Morgan fingerprint density at radius 2 is 1.86 bits per heavy atom. The fraction of sp³-hybridized carbons (Fsp3) is 0.176. The minimum atomic E-state index is -4.78. The highest BCUT2D eigenvalue weighted by Crippen LogP contribution is 2.36. The van der Waals surface area contributed by atoms with E-state index < -0.39 is 40.8 Å². The number of hydrogen-bond acceptors (Lipinski definition) is 5. The summed E-state index contributed by atoms with van der Waals surface area (Å²) >= 11 is 0. The Hall–Kier alpha value is -3.63. The number of amides is 2. The maximum Gasteiger partial charge on any atom is 0.418 e. The first-order valence-electron chi connectivity index (χ1n) is 7.72. The van der Waals surface area contributed by atoms with Gasteiger partial charge in [0.25, 0.3) is 11.6 Å². The molecule has 11 heteroatoms. The van der Waals surface area contributed by atoms with Crippen LogP contribution < -0.4 is 15.4 Å².